The molecule has 1 aliphatic heterocycles. The summed E-state index contributed by atoms with van der Waals surface area (Å²) in [6, 6.07) is 8.38. The normalized spacial score (nSPS) is 16.0. The van der Waals surface area contributed by atoms with Crippen molar-refractivity contribution in [2.75, 3.05) is 19.7 Å². The summed E-state index contributed by atoms with van der Waals surface area (Å²) >= 11 is 0. The second kappa shape index (κ2) is 13.2. The van der Waals surface area contributed by atoms with Gasteiger partial charge in [-0.05, 0) is 50.3 Å². The summed E-state index contributed by atoms with van der Waals surface area (Å²) in [5.41, 5.74) is 1.06. The van der Waals surface area contributed by atoms with E-state index in [2.05, 4.69) is 41.7 Å². The van der Waals surface area contributed by atoms with Crippen molar-refractivity contribution in [1.29, 1.82) is 5.26 Å². The summed E-state index contributed by atoms with van der Waals surface area (Å²) in [7, 11) is 0. The van der Waals surface area contributed by atoms with E-state index in [4.69, 9.17) is 4.74 Å². The van der Waals surface area contributed by atoms with E-state index >= 15 is 0 Å². The Kier molecular flexibility index (Phi) is 10.4. The van der Waals surface area contributed by atoms with Crippen LogP contribution < -0.4 is 20.7 Å². The summed E-state index contributed by atoms with van der Waals surface area (Å²) in [5, 5.41) is 18.0. The second-order valence-electron chi connectivity index (χ2n) is 8.86. The smallest absolute Gasteiger partial charge is 0.268 e. The molecule has 34 heavy (non-hydrogen) atoms. The number of carbonyl (C=O) groups is 3. The lowest BCUT2D eigenvalue weighted by Gasteiger charge is -2.23. The van der Waals surface area contributed by atoms with E-state index in [1.165, 1.54) is 0 Å². The number of ether oxygens (including phenoxy) is 1. The van der Waals surface area contributed by atoms with Crippen molar-refractivity contribution in [3.05, 3.63) is 30.0 Å². The second-order valence-corrected chi connectivity index (χ2v) is 8.86. The first-order chi connectivity index (χ1) is 16.2. The number of benzene rings is 1. The van der Waals surface area contributed by atoms with E-state index in [9.17, 15) is 19.6 Å². The molecule has 0 saturated carbocycles. The number of nitrogens with zero attached hydrogens (tertiary/aromatic N) is 1. The van der Waals surface area contributed by atoms with Crippen LogP contribution in [0, 0.1) is 23.2 Å². The molecule has 1 aromatic heterocycles. The Balaban J connectivity index is -0.00000143. The fraction of sp³-hybridized carbons (Fsp3) is 0.520. The number of hydrogen-bond donors (Lipinski definition) is 4. The van der Waals surface area contributed by atoms with E-state index in [0.717, 1.165) is 23.2 Å². The summed E-state index contributed by atoms with van der Waals surface area (Å²) < 4.78 is 5.56. The standard InChI is InChI=1S/C21H25N5O4.C4H10.4H2/c1-2-30-18-7-3-6-16-15(18)10-17(26-16)21(29)24-12-19(27)25-14(11-22)9-13-5-4-8-23-20(13)28;1-4(2)3;;;;/h3,6-7,10,13-14,26H,2,4-5,8-9,12H2,1H3,(H,23,28)(H,24,29)(H,25,27);4H,1-3H3;4*1H/t13-,14-;;;;;/m0...../s1. The first kappa shape index (κ1) is 26.7. The predicted octanol–water partition coefficient (Wildman–Crippen LogP) is 3.87. The van der Waals surface area contributed by atoms with Gasteiger partial charge in [0.25, 0.3) is 5.91 Å². The molecule has 2 heterocycles. The molecule has 1 aliphatic rings. The molecule has 3 amide bonds. The van der Waals surface area contributed by atoms with Gasteiger partial charge in [0.15, 0.2) is 0 Å². The number of nitrogens with one attached hydrogen (secondary N) is 4. The molecule has 4 N–H and O–H groups in total. The maximum Gasteiger partial charge on any atom is 0.268 e. The van der Waals surface area contributed by atoms with Crippen molar-refractivity contribution in [1.82, 2.24) is 20.9 Å². The van der Waals surface area contributed by atoms with Gasteiger partial charge in [0.1, 0.15) is 17.5 Å². The van der Waals surface area contributed by atoms with Gasteiger partial charge < -0.3 is 25.7 Å². The highest BCUT2D eigenvalue weighted by atomic mass is 16.5. The maximum absolute atomic E-state index is 12.4. The Morgan fingerprint density at radius 1 is 1.32 bits per heavy atom. The highest BCUT2D eigenvalue weighted by molar-refractivity contribution is 6.00. The van der Waals surface area contributed by atoms with Gasteiger partial charge in [-0.15, -0.1) is 0 Å². The van der Waals surface area contributed by atoms with Crippen molar-refractivity contribution in [2.24, 2.45) is 11.8 Å². The number of fused-ring (bicyclic) bond motifs is 1. The minimum atomic E-state index is -0.787. The molecule has 2 aromatic rings. The topological polar surface area (TPSA) is 136 Å². The largest absolute Gasteiger partial charge is 0.493 e. The fourth-order valence-electron chi connectivity index (χ4n) is 3.52. The highest BCUT2D eigenvalue weighted by Gasteiger charge is 2.26. The predicted molar refractivity (Wildman–Crippen MR) is 139 cm³/mol. The van der Waals surface area contributed by atoms with Crippen LogP contribution in [0.2, 0.25) is 0 Å². The first-order valence-electron chi connectivity index (χ1n) is 11.7. The van der Waals surface area contributed by atoms with Crippen LogP contribution in [0.25, 0.3) is 10.9 Å². The van der Waals surface area contributed by atoms with Crippen molar-refractivity contribution in [2.45, 2.75) is 53.0 Å². The van der Waals surface area contributed by atoms with Gasteiger partial charge in [0.05, 0.1) is 19.2 Å². The Labute approximate surface area is 206 Å². The van der Waals surface area contributed by atoms with Crippen LogP contribution in [0.3, 0.4) is 0 Å². The highest BCUT2D eigenvalue weighted by Crippen LogP contribution is 2.26. The number of carbonyl (C=O) groups excluding carboxylic acids is 3. The van der Waals surface area contributed by atoms with Gasteiger partial charge in [0, 0.05) is 29.1 Å². The number of hydrogen-bond acceptors (Lipinski definition) is 5. The Hall–Kier alpha value is -3.54. The summed E-state index contributed by atoms with van der Waals surface area (Å²) in [5.74, 6) is 0.200. The average molecular weight is 478 g/mol. The van der Waals surface area contributed by atoms with E-state index in [1.54, 1.807) is 6.07 Å². The Bertz CT molecular complexity index is 1040. The van der Waals surface area contributed by atoms with E-state index in [0.29, 0.717) is 31.0 Å². The van der Waals surface area contributed by atoms with Gasteiger partial charge in [-0.1, -0.05) is 26.8 Å². The van der Waals surface area contributed by atoms with Crippen LogP contribution in [0.5, 0.6) is 5.75 Å². The van der Waals surface area contributed by atoms with Crippen LogP contribution in [0.4, 0.5) is 0 Å². The molecule has 9 nitrogen and oxygen atoms in total. The molecule has 192 valence electrons. The molecule has 1 saturated heterocycles. The van der Waals surface area contributed by atoms with Crippen LogP contribution in [0.15, 0.2) is 24.3 Å². The van der Waals surface area contributed by atoms with Crippen LogP contribution >= 0.6 is 0 Å². The minimum absolute atomic E-state index is 0. The molecule has 3 rings (SSSR count). The van der Waals surface area contributed by atoms with E-state index < -0.39 is 17.9 Å². The van der Waals surface area contributed by atoms with Gasteiger partial charge in [-0.3, -0.25) is 14.4 Å². The number of aromatic nitrogens is 1. The average Bonchev–Trinajstić information content (AvgIpc) is 3.24. The van der Waals surface area contributed by atoms with Gasteiger partial charge in [-0.2, -0.15) is 5.26 Å². The zero-order valence-electron chi connectivity index (χ0n) is 20.4. The molecule has 1 aromatic carbocycles. The quantitative estimate of drug-likeness (QED) is 0.457. The third kappa shape index (κ3) is 8.10. The third-order valence-electron chi connectivity index (χ3n) is 4.99. The molecule has 1 fully saturated rings. The SMILES string of the molecule is CC(C)C.CCOc1cccc2[nH]c(C(=O)NCC(=O)N[C@H](C#N)C[C@@H]3CCCNC3=O)cc12.[HH].[HH].[HH].[HH]. The Morgan fingerprint density at radius 2 is 2.06 bits per heavy atom. The Morgan fingerprint density at radius 3 is 2.71 bits per heavy atom. The number of amides is 3. The lowest BCUT2D eigenvalue weighted by atomic mass is 9.92. The van der Waals surface area contributed by atoms with E-state index in [1.807, 2.05) is 31.2 Å². The molecule has 0 bridgehead atoms. The van der Waals surface area contributed by atoms with E-state index in [-0.39, 0.29) is 30.5 Å². The first-order valence-corrected chi connectivity index (χ1v) is 11.7. The van der Waals surface area contributed by atoms with Crippen molar-refractivity contribution < 1.29 is 24.8 Å². The summed E-state index contributed by atoms with van der Waals surface area (Å²) in [6.45, 7) is 9.26. The van der Waals surface area contributed by atoms with Crippen molar-refractivity contribution in [3.63, 3.8) is 0 Å². The number of piperidine rings is 1. The lowest BCUT2D eigenvalue weighted by molar-refractivity contribution is -0.127. The number of rotatable bonds is 8. The maximum atomic E-state index is 12.4. The molecule has 0 spiro atoms. The summed E-state index contributed by atoms with van der Waals surface area (Å²) in [4.78, 5) is 39.4. The molecule has 0 unspecified atom stereocenters. The lowest BCUT2D eigenvalue weighted by Crippen LogP contribution is -2.44. The monoisotopic (exact) mass is 477 g/mol. The fourth-order valence-corrected chi connectivity index (χ4v) is 3.52. The zero-order valence-corrected chi connectivity index (χ0v) is 20.4. The van der Waals surface area contributed by atoms with Gasteiger partial charge in [0.2, 0.25) is 11.8 Å². The number of H-pyrrole nitrogens is 1. The van der Waals surface area contributed by atoms with Crippen LogP contribution in [-0.2, 0) is 9.59 Å². The van der Waals surface area contributed by atoms with Crippen molar-refractivity contribution in [3.8, 4) is 11.8 Å². The zero-order chi connectivity index (χ0) is 25.1. The molecular formula is C25H43N5O4. The molecule has 9 heteroatoms. The molecule has 0 radical (unpaired) electrons. The van der Waals surface area contributed by atoms with Crippen LogP contribution in [0.1, 0.15) is 63.2 Å². The number of aromatic amines is 1. The van der Waals surface area contributed by atoms with Gasteiger partial charge in [-0.25, -0.2) is 0 Å². The molecule has 2 atom stereocenters. The molecular weight excluding hydrogens is 434 g/mol. The third-order valence-corrected chi connectivity index (χ3v) is 4.99. The van der Waals surface area contributed by atoms with Crippen molar-refractivity contribution >= 4 is 28.6 Å². The molecule has 0 aliphatic carbocycles. The summed E-state index contributed by atoms with van der Waals surface area (Å²) in [6.07, 6.45) is 1.80. The number of nitriles is 1. The van der Waals surface area contributed by atoms with Crippen LogP contribution in [-0.4, -0.2) is 48.4 Å². The van der Waals surface area contributed by atoms with Gasteiger partial charge >= 0.3 is 0 Å². The minimum Gasteiger partial charge on any atom is -0.493 e.